The van der Waals surface area contributed by atoms with Crippen molar-refractivity contribution in [1.82, 2.24) is 10.2 Å². The molecule has 0 radical (unpaired) electrons. The van der Waals surface area contributed by atoms with Gasteiger partial charge in [0.1, 0.15) is 11.1 Å². The minimum absolute atomic E-state index is 0.185. The summed E-state index contributed by atoms with van der Waals surface area (Å²) in [4.78, 5) is 27.3. The molecule has 0 aromatic heterocycles. The molecule has 2 unspecified atom stereocenters. The molecule has 1 saturated heterocycles. The fraction of sp³-hybridized carbons (Fsp3) is 0.600. The Hall–Kier alpha value is -2.11. The van der Waals surface area contributed by atoms with Crippen molar-refractivity contribution in [3.63, 3.8) is 0 Å². The monoisotopic (exact) mass is 362 g/mol. The molecule has 1 aromatic carbocycles. The molecule has 0 bridgehead atoms. The van der Waals surface area contributed by atoms with Gasteiger partial charge in [-0.2, -0.15) is 0 Å². The molecule has 1 N–H and O–H groups in total. The summed E-state index contributed by atoms with van der Waals surface area (Å²) in [7, 11) is 0. The van der Waals surface area contributed by atoms with Gasteiger partial charge in [-0.15, -0.1) is 0 Å². The number of carbonyl (C=O) groups excluding carboxylic acids is 2. The Morgan fingerprint density at radius 3 is 2.46 bits per heavy atom. The first kappa shape index (κ1) is 18.7. The summed E-state index contributed by atoms with van der Waals surface area (Å²) in [6.07, 6.45) is 0.341. The van der Waals surface area contributed by atoms with E-state index in [0.29, 0.717) is 19.4 Å². The number of likely N-dealkylation sites (tertiary alicyclic amines) is 1. The maximum absolute atomic E-state index is 14.1. The molecule has 5 nitrogen and oxygen atoms in total. The van der Waals surface area contributed by atoms with Crippen LogP contribution in [0.5, 0.6) is 0 Å². The maximum Gasteiger partial charge on any atom is 0.408 e. The van der Waals surface area contributed by atoms with Crippen LogP contribution in [0.15, 0.2) is 30.3 Å². The molecule has 3 atom stereocenters. The van der Waals surface area contributed by atoms with E-state index < -0.39 is 29.3 Å². The first-order valence-corrected chi connectivity index (χ1v) is 9.07. The minimum Gasteiger partial charge on any atom is -0.444 e. The van der Waals surface area contributed by atoms with E-state index in [1.165, 1.54) is 0 Å². The lowest BCUT2D eigenvalue weighted by atomic mass is 9.56. The molecule has 2 fully saturated rings. The van der Waals surface area contributed by atoms with Crippen molar-refractivity contribution in [2.45, 2.75) is 57.7 Å². The van der Waals surface area contributed by atoms with Crippen LogP contribution in [0.4, 0.5) is 9.18 Å². The number of ether oxygens (including phenoxy) is 1. The Kier molecular flexibility index (Phi) is 4.49. The van der Waals surface area contributed by atoms with Gasteiger partial charge in [0.2, 0.25) is 5.91 Å². The molecule has 26 heavy (non-hydrogen) atoms. The number of halogens is 1. The second-order valence-electron chi connectivity index (χ2n) is 8.47. The summed E-state index contributed by atoms with van der Waals surface area (Å²) in [6, 6.07) is 9.47. The molecule has 6 heteroatoms. The molecule has 2 aliphatic rings. The van der Waals surface area contributed by atoms with E-state index in [9.17, 15) is 14.0 Å². The van der Waals surface area contributed by atoms with E-state index in [1.807, 2.05) is 37.3 Å². The average Bonchev–Trinajstić information content (AvgIpc) is 2.72. The number of benzene rings is 1. The van der Waals surface area contributed by atoms with Gasteiger partial charge in [0.25, 0.3) is 0 Å². The van der Waals surface area contributed by atoms with Crippen LogP contribution in [0.25, 0.3) is 0 Å². The fourth-order valence-corrected chi connectivity index (χ4v) is 4.09. The van der Waals surface area contributed by atoms with Gasteiger partial charge in [0, 0.05) is 12.0 Å². The standard InChI is InChI=1S/C20H27FN2O3/c1-14(15-8-6-5-7-9-15)23-13-19(12-21)10-11-20(19,16(23)24)22-17(25)26-18(2,3)4/h5-9,14H,10-13H2,1-4H3,(H,22,25)/t14-,19?,20?/m1/s1. The summed E-state index contributed by atoms with van der Waals surface area (Å²) in [6.45, 7) is 6.86. The van der Waals surface area contributed by atoms with Gasteiger partial charge in [-0.05, 0) is 46.1 Å². The number of rotatable bonds is 4. The van der Waals surface area contributed by atoms with E-state index in [1.54, 1.807) is 25.7 Å². The molecule has 2 amide bonds. The average molecular weight is 362 g/mol. The van der Waals surface area contributed by atoms with Gasteiger partial charge in [0.15, 0.2) is 0 Å². The lowest BCUT2D eigenvalue weighted by molar-refractivity contribution is -0.140. The molecule has 1 aliphatic carbocycles. The summed E-state index contributed by atoms with van der Waals surface area (Å²) in [5.41, 5.74) is -1.76. The zero-order valence-electron chi connectivity index (χ0n) is 15.8. The normalized spacial score (nSPS) is 29.0. The van der Waals surface area contributed by atoms with Crippen LogP contribution >= 0.6 is 0 Å². The molecular weight excluding hydrogens is 335 g/mol. The number of hydrogen-bond acceptors (Lipinski definition) is 3. The molecule has 1 heterocycles. The molecule has 1 aliphatic heterocycles. The van der Waals surface area contributed by atoms with E-state index in [-0.39, 0.29) is 11.9 Å². The predicted octanol–water partition coefficient (Wildman–Crippen LogP) is 3.60. The molecule has 1 saturated carbocycles. The molecule has 1 aromatic rings. The fourth-order valence-electron chi connectivity index (χ4n) is 4.09. The summed E-state index contributed by atoms with van der Waals surface area (Å²) in [5, 5.41) is 2.73. The molecule has 3 rings (SSSR count). The summed E-state index contributed by atoms with van der Waals surface area (Å²) >= 11 is 0. The van der Waals surface area contributed by atoms with Crippen LogP contribution in [0.2, 0.25) is 0 Å². The lowest BCUT2D eigenvalue weighted by Gasteiger charge is -2.51. The highest BCUT2D eigenvalue weighted by atomic mass is 19.1. The van der Waals surface area contributed by atoms with Gasteiger partial charge in [-0.1, -0.05) is 30.3 Å². The van der Waals surface area contributed by atoms with Crippen molar-refractivity contribution in [3.05, 3.63) is 35.9 Å². The topological polar surface area (TPSA) is 58.6 Å². The smallest absolute Gasteiger partial charge is 0.408 e. The van der Waals surface area contributed by atoms with Gasteiger partial charge >= 0.3 is 6.09 Å². The van der Waals surface area contributed by atoms with E-state index in [2.05, 4.69) is 5.32 Å². The second-order valence-corrected chi connectivity index (χ2v) is 8.47. The van der Waals surface area contributed by atoms with Crippen molar-refractivity contribution < 1.29 is 18.7 Å². The lowest BCUT2D eigenvalue weighted by Crippen LogP contribution is -2.69. The van der Waals surface area contributed by atoms with Crippen LogP contribution in [0, 0.1) is 5.41 Å². The Bertz CT molecular complexity index is 699. The number of nitrogens with zero attached hydrogens (tertiary/aromatic N) is 1. The highest BCUT2D eigenvalue weighted by molar-refractivity contribution is 5.95. The summed E-state index contributed by atoms with van der Waals surface area (Å²) in [5.74, 6) is -0.219. The van der Waals surface area contributed by atoms with Crippen molar-refractivity contribution in [1.29, 1.82) is 0 Å². The van der Waals surface area contributed by atoms with Crippen LogP contribution in [0.1, 0.15) is 52.1 Å². The van der Waals surface area contributed by atoms with E-state index >= 15 is 0 Å². The zero-order chi connectivity index (χ0) is 19.2. The number of fused-ring (bicyclic) bond motifs is 1. The quantitative estimate of drug-likeness (QED) is 0.890. The van der Waals surface area contributed by atoms with E-state index in [4.69, 9.17) is 4.74 Å². The van der Waals surface area contributed by atoms with E-state index in [0.717, 1.165) is 5.56 Å². The second kappa shape index (κ2) is 6.25. The Morgan fingerprint density at radius 1 is 1.31 bits per heavy atom. The number of carbonyl (C=O) groups is 2. The number of nitrogens with one attached hydrogen (secondary N) is 1. The van der Waals surface area contributed by atoms with Gasteiger partial charge in [-0.3, -0.25) is 9.18 Å². The van der Waals surface area contributed by atoms with Crippen molar-refractivity contribution in [2.24, 2.45) is 5.41 Å². The molecule has 142 valence electrons. The first-order valence-electron chi connectivity index (χ1n) is 9.07. The van der Waals surface area contributed by atoms with Crippen molar-refractivity contribution >= 4 is 12.0 Å². The van der Waals surface area contributed by atoms with Crippen LogP contribution in [0.3, 0.4) is 0 Å². The molecular formula is C20H27FN2O3. The maximum atomic E-state index is 14.1. The minimum atomic E-state index is -1.20. The third-order valence-corrected chi connectivity index (χ3v) is 5.70. The zero-order valence-corrected chi connectivity index (χ0v) is 15.8. The summed E-state index contributed by atoms with van der Waals surface area (Å²) < 4.78 is 19.4. The third kappa shape index (κ3) is 2.85. The largest absolute Gasteiger partial charge is 0.444 e. The van der Waals surface area contributed by atoms with Crippen molar-refractivity contribution in [3.8, 4) is 0 Å². The van der Waals surface area contributed by atoms with Crippen LogP contribution in [-0.2, 0) is 9.53 Å². The third-order valence-electron chi connectivity index (χ3n) is 5.70. The Labute approximate surface area is 153 Å². The van der Waals surface area contributed by atoms with Crippen LogP contribution in [-0.4, -0.2) is 41.3 Å². The van der Waals surface area contributed by atoms with Crippen LogP contribution < -0.4 is 5.32 Å². The first-order chi connectivity index (χ1) is 12.1. The van der Waals surface area contributed by atoms with Gasteiger partial charge in [-0.25, -0.2) is 4.79 Å². The van der Waals surface area contributed by atoms with Crippen molar-refractivity contribution in [2.75, 3.05) is 13.2 Å². The number of amides is 2. The van der Waals surface area contributed by atoms with Gasteiger partial charge < -0.3 is 15.0 Å². The number of hydrogen-bond donors (Lipinski definition) is 1. The molecule has 0 spiro atoms. The Morgan fingerprint density at radius 2 is 1.96 bits per heavy atom. The number of alkyl halides is 1. The highest BCUT2D eigenvalue weighted by Gasteiger charge is 2.71. The van der Waals surface area contributed by atoms with Gasteiger partial charge in [0.05, 0.1) is 12.7 Å². The highest BCUT2D eigenvalue weighted by Crippen LogP contribution is 2.57. The SMILES string of the molecule is C[C@H](c1ccccc1)N1CC2(CF)CCC2(NC(=O)OC(C)(C)C)C1=O. The number of alkyl carbamates (subject to hydrolysis) is 1. The Balaban J connectivity index is 1.86. The predicted molar refractivity (Wildman–Crippen MR) is 96.3 cm³/mol.